The minimum atomic E-state index is -1.68. The fourth-order valence-corrected chi connectivity index (χ4v) is 3.23. The predicted molar refractivity (Wildman–Crippen MR) is 112 cm³/mol. The highest BCUT2D eigenvalue weighted by Crippen LogP contribution is 2.27. The SMILES string of the molecule is CCCN(CC(=O)Nc1ccc(F)c(F)c1F)C(=O)c1cc2ccccc2cc1OC. The third kappa shape index (κ3) is 4.79. The molecule has 31 heavy (non-hydrogen) atoms. The van der Waals surface area contributed by atoms with Crippen LogP contribution >= 0.6 is 0 Å². The minimum absolute atomic E-state index is 0.252. The zero-order valence-corrected chi connectivity index (χ0v) is 17.0. The van der Waals surface area contributed by atoms with Gasteiger partial charge in [-0.2, -0.15) is 0 Å². The van der Waals surface area contributed by atoms with Gasteiger partial charge in [0.2, 0.25) is 5.91 Å². The van der Waals surface area contributed by atoms with Crippen molar-refractivity contribution >= 4 is 28.3 Å². The highest BCUT2D eigenvalue weighted by atomic mass is 19.2. The summed E-state index contributed by atoms with van der Waals surface area (Å²) >= 11 is 0. The van der Waals surface area contributed by atoms with Gasteiger partial charge in [-0.3, -0.25) is 9.59 Å². The number of carbonyl (C=O) groups excluding carboxylic acids is 2. The normalized spacial score (nSPS) is 10.7. The van der Waals surface area contributed by atoms with Crippen molar-refractivity contribution in [3.05, 3.63) is 71.5 Å². The lowest BCUT2D eigenvalue weighted by Gasteiger charge is -2.23. The Morgan fingerprint density at radius 3 is 2.32 bits per heavy atom. The summed E-state index contributed by atoms with van der Waals surface area (Å²) in [5.74, 6) is -5.37. The number of benzene rings is 3. The summed E-state index contributed by atoms with van der Waals surface area (Å²) in [6, 6.07) is 12.5. The van der Waals surface area contributed by atoms with Gasteiger partial charge in [-0.15, -0.1) is 0 Å². The van der Waals surface area contributed by atoms with Crippen molar-refractivity contribution in [2.75, 3.05) is 25.5 Å². The lowest BCUT2D eigenvalue weighted by atomic mass is 10.0. The van der Waals surface area contributed by atoms with E-state index < -0.39 is 41.5 Å². The molecule has 0 atom stereocenters. The molecule has 0 aliphatic carbocycles. The van der Waals surface area contributed by atoms with Crippen LogP contribution in [0.3, 0.4) is 0 Å². The van der Waals surface area contributed by atoms with Crippen molar-refractivity contribution in [1.82, 2.24) is 4.90 Å². The average molecular weight is 430 g/mol. The van der Waals surface area contributed by atoms with Crippen molar-refractivity contribution in [1.29, 1.82) is 0 Å². The van der Waals surface area contributed by atoms with E-state index in [1.807, 2.05) is 31.2 Å². The number of halogens is 3. The van der Waals surface area contributed by atoms with Gasteiger partial charge < -0.3 is 15.0 Å². The maximum atomic E-state index is 13.9. The van der Waals surface area contributed by atoms with Crippen LogP contribution in [0, 0.1) is 17.5 Å². The monoisotopic (exact) mass is 430 g/mol. The Morgan fingerprint density at radius 1 is 1.00 bits per heavy atom. The first kappa shape index (κ1) is 22.1. The molecular formula is C23H21F3N2O3. The van der Waals surface area contributed by atoms with Crippen molar-refractivity contribution in [3.8, 4) is 5.75 Å². The minimum Gasteiger partial charge on any atom is -0.496 e. The van der Waals surface area contributed by atoms with Crippen molar-refractivity contribution in [2.45, 2.75) is 13.3 Å². The first-order valence-corrected chi connectivity index (χ1v) is 9.65. The van der Waals surface area contributed by atoms with E-state index in [-0.39, 0.29) is 12.1 Å². The first-order chi connectivity index (χ1) is 14.8. The van der Waals surface area contributed by atoms with Crippen molar-refractivity contribution in [3.63, 3.8) is 0 Å². The Balaban J connectivity index is 1.85. The van der Waals surface area contributed by atoms with Crippen molar-refractivity contribution in [2.24, 2.45) is 0 Å². The van der Waals surface area contributed by atoms with Gasteiger partial charge >= 0.3 is 0 Å². The number of ether oxygens (including phenoxy) is 1. The van der Waals surface area contributed by atoms with E-state index in [2.05, 4.69) is 5.32 Å². The quantitative estimate of drug-likeness (QED) is 0.550. The number of nitrogens with one attached hydrogen (secondary N) is 1. The molecule has 0 aliphatic rings. The topological polar surface area (TPSA) is 58.6 Å². The summed E-state index contributed by atoms with van der Waals surface area (Å²) in [6.45, 7) is 1.69. The van der Waals surface area contributed by atoms with Gasteiger partial charge in [-0.05, 0) is 41.5 Å². The summed E-state index contributed by atoms with van der Waals surface area (Å²) in [6.07, 6.45) is 0.564. The fraction of sp³-hybridized carbons (Fsp3) is 0.217. The smallest absolute Gasteiger partial charge is 0.258 e. The molecule has 1 N–H and O–H groups in total. The Hall–Kier alpha value is -3.55. The molecule has 0 bridgehead atoms. The number of fused-ring (bicyclic) bond motifs is 1. The van der Waals surface area contributed by atoms with Gasteiger partial charge in [-0.25, -0.2) is 13.2 Å². The lowest BCUT2D eigenvalue weighted by molar-refractivity contribution is -0.116. The zero-order valence-electron chi connectivity index (χ0n) is 17.0. The van der Waals surface area contributed by atoms with Crippen molar-refractivity contribution < 1.29 is 27.5 Å². The Morgan fingerprint density at radius 2 is 1.68 bits per heavy atom. The molecular weight excluding hydrogens is 409 g/mol. The van der Waals surface area contributed by atoms with E-state index in [1.54, 1.807) is 12.1 Å². The van der Waals surface area contributed by atoms with Crippen LogP contribution < -0.4 is 10.1 Å². The van der Waals surface area contributed by atoms with Crippen LogP contribution in [-0.4, -0.2) is 36.9 Å². The first-order valence-electron chi connectivity index (χ1n) is 9.65. The summed E-state index contributed by atoms with van der Waals surface area (Å²) in [4.78, 5) is 26.9. The molecule has 3 aromatic rings. The third-order valence-electron chi connectivity index (χ3n) is 4.72. The third-order valence-corrected chi connectivity index (χ3v) is 4.72. The largest absolute Gasteiger partial charge is 0.496 e. The van der Waals surface area contributed by atoms with E-state index in [0.29, 0.717) is 18.2 Å². The Bertz CT molecular complexity index is 1130. The Kier molecular flexibility index (Phi) is 6.79. The van der Waals surface area contributed by atoms with E-state index in [1.165, 1.54) is 12.0 Å². The number of rotatable bonds is 7. The molecule has 0 saturated heterocycles. The molecule has 3 aromatic carbocycles. The number of amides is 2. The molecule has 0 unspecified atom stereocenters. The summed E-state index contributed by atoms with van der Waals surface area (Å²) < 4.78 is 45.7. The second-order valence-corrected chi connectivity index (χ2v) is 6.90. The summed E-state index contributed by atoms with van der Waals surface area (Å²) in [5, 5.41) is 3.91. The van der Waals surface area contributed by atoms with E-state index in [0.717, 1.165) is 16.8 Å². The van der Waals surface area contributed by atoms with E-state index >= 15 is 0 Å². The molecule has 0 aromatic heterocycles. The molecule has 3 rings (SSSR count). The number of methoxy groups -OCH3 is 1. The highest BCUT2D eigenvalue weighted by Gasteiger charge is 2.23. The second kappa shape index (κ2) is 9.51. The van der Waals surface area contributed by atoms with Crippen LogP contribution in [-0.2, 0) is 4.79 Å². The van der Waals surface area contributed by atoms with Gasteiger partial charge in [0, 0.05) is 6.54 Å². The maximum Gasteiger partial charge on any atom is 0.258 e. The van der Waals surface area contributed by atoms with Gasteiger partial charge in [0.05, 0.1) is 18.4 Å². The molecule has 0 saturated carbocycles. The lowest BCUT2D eigenvalue weighted by Crippen LogP contribution is -2.38. The average Bonchev–Trinajstić information content (AvgIpc) is 2.77. The number of anilines is 1. The molecule has 0 spiro atoms. The predicted octanol–water partition coefficient (Wildman–Crippen LogP) is 4.76. The molecule has 0 fully saturated rings. The van der Waals surface area contributed by atoms with Crippen LogP contribution in [0.4, 0.5) is 18.9 Å². The highest BCUT2D eigenvalue weighted by molar-refractivity contribution is 6.04. The molecule has 162 valence electrons. The van der Waals surface area contributed by atoms with Crippen LogP contribution in [0.25, 0.3) is 10.8 Å². The van der Waals surface area contributed by atoms with E-state index in [4.69, 9.17) is 4.74 Å². The molecule has 2 amide bonds. The van der Waals surface area contributed by atoms with E-state index in [9.17, 15) is 22.8 Å². The molecule has 0 heterocycles. The number of nitrogens with zero attached hydrogens (tertiary/aromatic N) is 1. The van der Waals surface area contributed by atoms with Gasteiger partial charge in [-0.1, -0.05) is 31.2 Å². The van der Waals surface area contributed by atoms with Gasteiger partial charge in [0.25, 0.3) is 5.91 Å². The molecule has 8 heteroatoms. The molecule has 0 radical (unpaired) electrons. The number of carbonyl (C=O) groups is 2. The maximum absolute atomic E-state index is 13.9. The zero-order chi connectivity index (χ0) is 22.5. The Labute approximate surface area is 177 Å². The summed E-state index contributed by atoms with van der Waals surface area (Å²) in [7, 11) is 1.45. The van der Waals surface area contributed by atoms with Crippen LogP contribution in [0.1, 0.15) is 23.7 Å². The summed E-state index contributed by atoms with van der Waals surface area (Å²) in [5.41, 5.74) is -0.224. The molecule has 5 nitrogen and oxygen atoms in total. The number of hydrogen-bond acceptors (Lipinski definition) is 3. The standard InChI is InChI=1S/C23H21F3N2O3/c1-3-10-28(13-20(29)27-18-9-8-17(24)21(25)22(18)26)23(30)16-11-14-6-4-5-7-15(14)12-19(16)31-2/h4-9,11-12H,3,10,13H2,1-2H3,(H,27,29). The molecule has 0 aliphatic heterocycles. The van der Waals surface area contributed by atoms with Crippen LogP contribution in [0.2, 0.25) is 0 Å². The van der Waals surface area contributed by atoms with Crippen LogP contribution in [0.15, 0.2) is 48.5 Å². The van der Waals surface area contributed by atoms with Crippen LogP contribution in [0.5, 0.6) is 5.75 Å². The fourth-order valence-electron chi connectivity index (χ4n) is 3.23. The number of hydrogen-bond donors (Lipinski definition) is 1. The van der Waals surface area contributed by atoms with Gasteiger partial charge in [0.15, 0.2) is 17.5 Å². The second-order valence-electron chi connectivity index (χ2n) is 6.90. The van der Waals surface area contributed by atoms with Gasteiger partial charge in [0.1, 0.15) is 12.3 Å².